The van der Waals surface area contributed by atoms with Crippen molar-refractivity contribution in [2.45, 2.75) is 12.1 Å². The van der Waals surface area contributed by atoms with Gasteiger partial charge < -0.3 is 19.5 Å². The van der Waals surface area contributed by atoms with Crippen molar-refractivity contribution < 1.29 is 14.2 Å². The van der Waals surface area contributed by atoms with Crippen molar-refractivity contribution in [1.82, 2.24) is 14.8 Å². The van der Waals surface area contributed by atoms with Crippen molar-refractivity contribution in [3.05, 3.63) is 101 Å². The number of fused-ring (bicyclic) bond motifs is 3. The molecule has 1 N–H and O–H groups in total. The predicted octanol–water partition coefficient (Wildman–Crippen LogP) is 4.86. The van der Waals surface area contributed by atoms with Gasteiger partial charge in [-0.3, -0.25) is 0 Å². The summed E-state index contributed by atoms with van der Waals surface area (Å²) in [4.78, 5) is 4.48. The largest absolute Gasteiger partial charge is 0.493 e. The third-order valence-electron chi connectivity index (χ3n) is 6.15. The molecule has 2 atom stereocenters. The molecule has 0 spiro atoms. The molecule has 1 aromatic heterocycles. The number of ether oxygens (including phenoxy) is 3. The average Bonchev–Trinajstić information content (AvgIpc) is 3.35. The van der Waals surface area contributed by atoms with Crippen molar-refractivity contribution in [1.29, 1.82) is 0 Å². The zero-order valence-corrected chi connectivity index (χ0v) is 18.2. The van der Waals surface area contributed by atoms with Crippen molar-refractivity contribution in [3.63, 3.8) is 0 Å². The lowest BCUT2D eigenvalue weighted by Gasteiger charge is -2.39. The van der Waals surface area contributed by atoms with E-state index in [1.165, 1.54) is 0 Å². The van der Waals surface area contributed by atoms with Gasteiger partial charge in [0, 0.05) is 11.1 Å². The fraction of sp³-hybridized carbons (Fsp3) is 0.154. The molecular formula is C26H22N4O3. The second-order valence-corrected chi connectivity index (χ2v) is 7.91. The van der Waals surface area contributed by atoms with E-state index >= 15 is 0 Å². The predicted molar refractivity (Wildman–Crippen MR) is 125 cm³/mol. The van der Waals surface area contributed by atoms with Gasteiger partial charge in [-0.05, 0) is 35.4 Å². The highest BCUT2D eigenvalue weighted by molar-refractivity contribution is 5.85. The Balaban J connectivity index is 1.62. The summed E-state index contributed by atoms with van der Waals surface area (Å²) in [6, 6.07) is 24.0. The monoisotopic (exact) mass is 438 g/mol. The highest BCUT2D eigenvalue weighted by atomic mass is 16.5. The van der Waals surface area contributed by atoms with E-state index in [0.29, 0.717) is 17.4 Å². The first-order chi connectivity index (χ1) is 16.3. The van der Waals surface area contributed by atoms with Gasteiger partial charge in [0.1, 0.15) is 24.2 Å². The number of aromatic nitrogens is 3. The number of rotatable bonds is 4. The van der Waals surface area contributed by atoms with E-state index in [9.17, 15) is 0 Å². The van der Waals surface area contributed by atoms with Gasteiger partial charge in [0.15, 0.2) is 11.5 Å². The van der Waals surface area contributed by atoms with Crippen LogP contribution in [0.15, 0.2) is 84.7 Å². The third-order valence-corrected chi connectivity index (χ3v) is 6.15. The second kappa shape index (κ2) is 7.70. The van der Waals surface area contributed by atoms with E-state index < -0.39 is 0 Å². The summed E-state index contributed by atoms with van der Waals surface area (Å²) in [5.74, 6) is 2.84. The Morgan fingerprint density at radius 1 is 0.879 bits per heavy atom. The topological polar surface area (TPSA) is 70.4 Å². The van der Waals surface area contributed by atoms with Crippen LogP contribution in [0.3, 0.4) is 0 Å². The number of hydrogen-bond donors (Lipinski definition) is 1. The molecule has 7 heteroatoms. The van der Waals surface area contributed by atoms with Crippen molar-refractivity contribution in [3.8, 4) is 17.2 Å². The van der Waals surface area contributed by atoms with Crippen LogP contribution in [0.1, 0.15) is 28.8 Å². The van der Waals surface area contributed by atoms with Crippen LogP contribution >= 0.6 is 0 Å². The molecule has 0 radical (unpaired) electrons. The number of nitrogens with zero attached hydrogens (tertiary/aromatic N) is 3. The minimum absolute atomic E-state index is 0.253. The van der Waals surface area contributed by atoms with E-state index in [-0.39, 0.29) is 12.1 Å². The lowest BCUT2D eigenvalue weighted by Crippen LogP contribution is -2.32. The van der Waals surface area contributed by atoms with Crippen LogP contribution in [0.4, 0.5) is 5.95 Å². The van der Waals surface area contributed by atoms with Gasteiger partial charge >= 0.3 is 0 Å². The highest BCUT2D eigenvalue weighted by Crippen LogP contribution is 2.51. The molecule has 3 heterocycles. The lowest BCUT2D eigenvalue weighted by atomic mass is 9.84. The minimum Gasteiger partial charge on any atom is -0.493 e. The van der Waals surface area contributed by atoms with Gasteiger partial charge in [0.25, 0.3) is 0 Å². The van der Waals surface area contributed by atoms with E-state index in [1.54, 1.807) is 20.5 Å². The molecule has 0 aliphatic carbocycles. The molecule has 33 heavy (non-hydrogen) atoms. The summed E-state index contributed by atoms with van der Waals surface area (Å²) in [6.45, 7) is 0. The number of nitrogens with one attached hydrogen (secondary N) is 1. The molecule has 2 aliphatic rings. The van der Waals surface area contributed by atoms with Crippen molar-refractivity contribution >= 4 is 11.6 Å². The molecule has 2 aliphatic heterocycles. The number of benzene rings is 3. The SMILES string of the molecule is COc1ccc([C@H]2C3=C(Nc4ncnn42)c2ccccc2O[C@H]3c2ccccc2)cc1OC. The number of methoxy groups -OCH3 is 2. The fourth-order valence-corrected chi connectivity index (χ4v) is 4.66. The summed E-state index contributed by atoms with van der Waals surface area (Å²) in [5, 5.41) is 8.09. The molecule has 7 nitrogen and oxygen atoms in total. The first kappa shape index (κ1) is 19.4. The van der Waals surface area contributed by atoms with Gasteiger partial charge in [-0.1, -0.05) is 48.5 Å². The molecule has 0 saturated carbocycles. The maximum Gasteiger partial charge on any atom is 0.226 e. The van der Waals surface area contributed by atoms with Crippen molar-refractivity contribution in [2.75, 3.05) is 19.5 Å². The van der Waals surface area contributed by atoms with E-state index in [1.807, 2.05) is 59.3 Å². The van der Waals surface area contributed by atoms with Gasteiger partial charge in [-0.2, -0.15) is 10.1 Å². The van der Waals surface area contributed by atoms with Crippen molar-refractivity contribution in [2.24, 2.45) is 0 Å². The van der Waals surface area contributed by atoms with Gasteiger partial charge in [0.05, 0.1) is 19.9 Å². The summed E-state index contributed by atoms with van der Waals surface area (Å²) in [5.41, 5.74) is 5.11. The summed E-state index contributed by atoms with van der Waals surface area (Å²) in [6.07, 6.45) is 1.26. The van der Waals surface area contributed by atoms with E-state index in [4.69, 9.17) is 14.2 Å². The molecular weight excluding hydrogens is 416 g/mol. The Labute approximate surface area is 191 Å². The smallest absolute Gasteiger partial charge is 0.226 e. The first-order valence-electron chi connectivity index (χ1n) is 10.7. The summed E-state index contributed by atoms with van der Waals surface area (Å²) in [7, 11) is 3.28. The molecule has 0 amide bonds. The Bertz CT molecular complexity index is 1360. The van der Waals surface area contributed by atoms with Crippen LogP contribution in [0.25, 0.3) is 5.70 Å². The van der Waals surface area contributed by atoms with Crippen LogP contribution in [0.5, 0.6) is 17.2 Å². The minimum atomic E-state index is -0.306. The molecule has 3 aromatic carbocycles. The molecule has 0 bridgehead atoms. The van der Waals surface area contributed by atoms with Crippen LogP contribution in [0.2, 0.25) is 0 Å². The maximum atomic E-state index is 6.62. The Morgan fingerprint density at radius 2 is 1.67 bits per heavy atom. The molecule has 4 aromatic rings. The molecule has 6 rings (SSSR count). The molecule has 164 valence electrons. The van der Waals surface area contributed by atoms with Gasteiger partial charge in [-0.15, -0.1) is 0 Å². The maximum absolute atomic E-state index is 6.62. The standard InChI is InChI=1S/C26H22N4O3/c1-31-20-13-12-17(14-21(20)32-2)24-22-23(29-26-27-15-28-30(24)26)18-10-6-7-11-19(18)33-25(22)16-8-4-3-5-9-16/h3-15,24-25H,1-2H3,(H,27,28,29)/t24-,25-/m0/s1. The first-order valence-corrected chi connectivity index (χ1v) is 10.7. The third kappa shape index (κ3) is 3.04. The highest BCUT2D eigenvalue weighted by Gasteiger charge is 2.41. The zero-order valence-electron chi connectivity index (χ0n) is 18.2. The number of para-hydroxylation sites is 1. The van der Waals surface area contributed by atoms with Crippen LogP contribution in [0, 0.1) is 0 Å². The van der Waals surface area contributed by atoms with Crippen LogP contribution < -0.4 is 19.5 Å². The number of hydrogen-bond acceptors (Lipinski definition) is 6. The van der Waals surface area contributed by atoms with Gasteiger partial charge in [-0.25, -0.2) is 4.68 Å². The average molecular weight is 438 g/mol. The Hall–Kier alpha value is -4.26. The molecule has 0 unspecified atom stereocenters. The fourth-order valence-electron chi connectivity index (χ4n) is 4.66. The lowest BCUT2D eigenvalue weighted by molar-refractivity contribution is 0.223. The van der Waals surface area contributed by atoms with Crippen LogP contribution in [-0.4, -0.2) is 29.0 Å². The van der Waals surface area contributed by atoms with E-state index in [2.05, 4.69) is 33.6 Å². The quantitative estimate of drug-likeness (QED) is 0.491. The van der Waals surface area contributed by atoms with E-state index in [0.717, 1.165) is 33.7 Å². The summed E-state index contributed by atoms with van der Waals surface area (Å²) < 4.78 is 19.6. The molecule has 0 fully saturated rings. The zero-order chi connectivity index (χ0) is 22.4. The molecule has 0 saturated heterocycles. The van der Waals surface area contributed by atoms with Gasteiger partial charge in [0.2, 0.25) is 5.95 Å². The summed E-state index contributed by atoms with van der Waals surface area (Å²) >= 11 is 0. The number of anilines is 1. The van der Waals surface area contributed by atoms with Crippen LogP contribution in [-0.2, 0) is 0 Å². The Morgan fingerprint density at radius 3 is 2.48 bits per heavy atom. The normalized spacial score (nSPS) is 18.4. The second-order valence-electron chi connectivity index (χ2n) is 7.91. The Kier molecular flexibility index (Phi) is 4.54.